The van der Waals surface area contributed by atoms with E-state index in [4.69, 9.17) is 10.5 Å². The van der Waals surface area contributed by atoms with E-state index in [0.717, 1.165) is 12.8 Å². The highest BCUT2D eigenvalue weighted by molar-refractivity contribution is 7.90. The molecule has 2 aromatic rings. The normalized spacial score (nSPS) is 15.4. The topological polar surface area (TPSA) is 128 Å². The van der Waals surface area contributed by atoms with Gasteiger partial charge in [-0.3, -0.25) is 19.3 Å². The fourth-order valence-electron chi connectivity index (χ4n) is 3.05. The zero-order valence-electron chi connectivity index (χ0n) is 16.3. The molecule has 3 N–H and O–H groups in total. The van der Waals surface area contributed by atoms with Crippen molar-refractivity contribution in [1.29, 1.82) is 0 Å². The van der Waals surface area contributed by atoms with Crippen LogP contribution in [0.2, 0.25) is 0 Å². The summed E-state index contributed by atoms with van der Waals surface area (Å²) in [4.78, 5) is 27.6. The number of benzene rings is 2. The number of amidine groups is 1. The molecule has 2 aromatic carbocycles. The van der Waals surface area contributed by atoms with Crippen molar-refractivity contribution >= 4 is 27.7 Å². The number of esters is 1. The number of nitrogens with zero attached hydrogens (tertiary/aromatic N) is 1. The van der Waals surface area contributed by atoms with Crippen LogP contribution in [0, 0.1) is 0 Å². The molecule has 0 aliphatic carbocycles. The number of nitrogens with two attached hydrogens (primary N) is 1. The minimum Gasteiger partial charge on any atom is -0.461 e. The van der Waals surface area contributed by atoms with Crippen molar-refractivity contribution in [3.63, 3.8) is 0 Å². The van der Waals surface area contributed by atoms with Crippen LogP contribution in [0.4, 0.5) is 0 Å². The van der Waals surface area contributed by atoms with Gasteiger partial charge in [-0.2, -0.15) is 0 Å². The molecule has 0 radical (unpaired) electrons. The van der Waals surface area contributed by atoms with Gasteiger partial charge in [0.2, 0.25) is 5.91 Å². The molecule has 9 heteroatoms. The van der Waals surface area contributed by atoms with E-state index in [0.29, 0.717) is 35.5 Å². The number of carbonyl (C=O) groups is 2. The van der Waals surface area contributed by atoms with Crippen LogP contribution in [-0.2, 0) is 26.2 Å². The summed E-state index contributed by atoms with van der Waals surface area (Å²) in [5.74, 6) is -0.480. The second-order valence-corrected chi connectivity index (χ2v) is 8.52. The number of nitrogens with one attached hydrogen (secondary N) is 1. The summed E-state index contributed by atoms with van der Waals surface area (Å²) >= 11 is 0. The van der Waals surface area contributed by atoms with E-state index in [1.54, 1.807) is 48.5 Å². The molecule has 0 aromatic heterocycles. The van der Waals surface area contributed by atoms with Crippen LogP contribution < -0.4 is 10.5 Å². The van der Waals surface area contributed by atoms with E-state index in [1.807, 2.05) is 0 Å². The first kappa shape index (κ1) is 21.5. The maximum Gasteiger partial charge on any atom is 0.306 e. The van der Waals surface area contributed by atoms with Crippen LogP contribution in [0.25, 0.3) is 0 Å². The molecule has 0 fully saturated rings. The number of hydrogen-bond acceptors (Lipinski definition) is 6. The number of sulfonamides is 1. The van der Waals surface area contributed by atoms with Crippen molar-refractivity contribution in [2.75, 3.05) is 6.54 Å². The first-order valence-electron chi connectivity index (χ1n) is 9.58. The quantitative estimate of drug-likeness (QED) is 0.466. The van der Waals surface area contributed by atoms with Gasteiger partial charge in [0.05, 0.1) is 4.90 Å². The number of hydrogen-bond donors (Lipinski definition) is 2. The van der Waals surface area contributed by atoms with E-state index in [-0.39, 0.29) is 23.9 Å². The van der Waals surface area contributed by atoms with Crippen LogP contribution in [0.1, 0.15) is 47.2 Å². The highest BCUT2D eigenvalue weighted by Gasteiger charge is 2.29. The zero-order chi connectivity index (χ0) is 21.6. The van der Waals surface area contributed by atoms with Gasteiger partial charge in [0, 0.05) is 24.1 Å². The Morgan fingerprint density at radius 1 is 1.03 bits per heavy atom. The number of rotatable bonds is 9. The summed E-state index contributed by atoms with van der Waals surface area (Å²) in [5.41, 5.74) is 6.89. The van der Waals surface area contributed by atoms with E-state index < -0.39 is 15.9 Å². The molecule has 0 unspecified atom stereocenters. The van der Waals surface area contributed by atoms with Gasteiger partial charge in [-0.25, -0.2) is 8.42 Å². The van der Waals surface area contributed by atoms with Gasteiger partial charge in [-0.05, 0) is 42.7 Å². The Bertz CT molecular complexity index is 1080. The van der Waals surface area contributed by atoms with Crippen molar-refractivity contribution < 1.29 is 22.7 Å². The summed E-state index contributed by atoms with van der Waals surface area (Å²) in [6.07, 6.45) is 2.41. The molecule has 8 nitrogen and oxygen atoms in total. The average molecular weight is 429 g/mol. The Balaban J connectivity index is 1.37. The Labute approximate surface area is 175 Å². The number of carbonyl (C=O) groups excluding carboxylic acids is 2. The van der Waals surface area contributed by atoms with E-state index in [9.17, 15) is 18.0 Å². The van der Waals surface area contributed by atoms with Crippen molar-refractivity contribution in [2.24, 2.45) is 10.7 Å². The van der Waals surface area contributed by atoms with Gasteiger partial charge in [-0.15, -0.1) is 0 Å². The molecular formula is C21H23N3O5S. The molecule has 1 aliphatic heterocycles. The number of unbranched alkanes of at least 4 members (excludes halogenated alkanes) is 2. The van der Waals surface area contributed by atoms with Crippen molar-refractivity contribution in [2.45, 2.75) is 37.2 Å². The molecule has 0 bridgehead atoms. The third-order valence-electron chi connectivity index (χ3n) is 4.58. The van der Waals surface area contributed by atoms with Gasteiger partial charge >= 0.3 is 5.97 Å². The van der Waals surface area contributed by atoms with Gasteiger partial charge in [-0.1, -0.05) is 30.7 Å². The molecule has 0 saturated heterocycles. The third kappa shape index (κ3) is 5.44. The molecule has 1 amide bonds. The standard InChI is InChI=1S/C21H23N3O5S/c22-20(26)16-8-6-7-15(13-16)14-29-19(25)11-2-1-5-12-23-21-17-9-3-4-10-18(17)30(27,28)24-21/h3-4,6-10,13H,1-2,5,11-12,14H2,(H2,22,26)(H,23,24). The lowest BCUT2D eigenvalue weighted by molar-refractivity contribution is -0.145. The number of aliphatic imine (C=N–C) groups is 1. The van der Waals surface area contributed by atoms with Crippen molar-refractivity contribution in [3.05, 3.63) is 65.2 Å². The fourth-order valence-corrected chi connectivity index (χ4v) is 4.30. The first-order chi connectivity index (χ1) is 14.4. The largest absolute Gasteiger partial charge is 0.461 e. The summed E-state index contributed by atoms with van der Waals surface area (Å²) in [7, 11) is -3.52. The molecule has 158 valence electrons. The van der Waals surface area contributed by atoms with Crippen LogP contribution in [0.5, 0.6) is 0 Å². The lowest BCUT2D eigenvalue weighted by Crippen LogP contribution is -2.22. The van der Waals surface area contributed by atoms with Crippen molar-refractivity contribution in [1.82, 2.24) is 4.72 Å². The maximum atomic E-state index is 12.0. The number of primary amides is 1. The van der Waals surface area contributed by atoms with Crippen LogP contribution in [0.3, 0.4) is 0 Å². The number of fused-ring (bicyclic) bond motifs is 1. The summed E-state index contributed by atoms with van der Waals surface area (Å²) in [6.45, 7) is 0.550. The van der Waals surface area contributed by atoms with Crippen LogP contribution in [0.15, 0.2) is 58.4 Å². The number of ether oxygens (including phenoxy) is 1. The smallest absolute Gasteiger partial charge is 0.306 e. The van der Waals surface area contributed by atoms with Gasteiger partial charge in [0.25, 0.3) is 10.0 Å². The molecule has 0 atom stereocenters. The average Bonchev–Trinajstić information content (AvgIpc) is 2.99. The maximum absolute atomic E-state index is 12.0. The summed E-state index contributed by atoms with van der Waals surface area (Å²) < 4.78 is 31.7. The van der Waals surface area contributed by atoms with Gasteiger partial charge < -0.3 is 10.5 Å². The van der Waals surface area contributed by atoms with Crippen molar-refractivity contribution in [3.8, 4) is 0 Å². The van der Waals surface area contributed by atoms with E-state index >= 15 is 0 Å². The Kier molecular flexibility index (Phi) is 6.83. The second-order valence-electron chi connectivity index (χ2n) is 6.87. The Morgan fingerprint density at radius 2 is 1.83 bits per heavy atom. The first-order valence-corrected chi connectivity index (χ1v) is 11.1. The monoisotopic (exact) mass is 429 g/mol. The molecular weight excluding hydrogens is 406 g/mol. The molecule has 1 heterocycles. The molecule has 30 heavy (non-hydrogen) atoms. The summed E-state index contributed by atoms with van der Waals surface area (Å²) in [5, 5.41) is 0. The number of amides is 1. The lowest BCUT2D eigenvalue weighted by atomic mass is 10.1. The summed E-state index contributed by atoms with van der Waals surface area (Å²) in [6, 6.07) is 13.4. The Hall–Kier alpha value is -3.20. The van der Waals surface area contributed by atoms with Crippen LogP contribution in [-0.4, -0.2) is 32.7 Å². The SMILES string of the molecule is NC(=O)c1cccc(COC(=O)CCCCCN=C2NS(=O)(=O)c3ccccc32)c1. The van der Waals surface area contributed by atoms with E-state index in [2.05, 4.69) is 9.71 Å². The zero-order valence-corrected chi connectivity index (χ0v) is 17.2. The molecule has 3 rings (SSSR count). The fraction of sp³-hybridized carbons (Fsp3) is 0.286. The predicted octanol–water partition coefficient (Wildman–Crippen LogP) is 2.13. The Morgan fingerprint density at radius 3 is 2.63 bits per heavy atom. The highest BCUT2D eigenvalue weighted by Crippen LogP contribution is 2.22. The minimum absolute atomic E-state index is 0.0904. The predicted molar refractivity (Wildman–Crippen MR) is 111 cm³/mol. The van der Waals surface area contributed by atoms with Crippen LogP contribution >= 0.6 is 0 Å². The van der Waals surface area contributed by atoms with Gasteiger partial charge in [0.15, 0.2) is 0 Å². The molecule has 0 saturated carbocycles. The lowest BCUT2D eigenvalue weighted by Gasteiger charge is -2.06. The van der Waals surface area contributed by atoms with Gasteiger partial charge in [0.1, 0.15) is 12.4 Å². The second kappa shape index (κ2) is 9.53. The minimum atomic E-state index is -3.52. The molecule has 0 spiro atoms. The highest BCUT2D eigenvalue weighted by atomic mass is 32.2. The third-order valence-corrected chi connectivity index (χ3v) is 5.98. The molecule has 1 aliphatic rings. The van der Waals surface area contributed by atoms with E-state index in [1.165, 1.54) is 0 Å².